The second-order valence-electron chi connectivity index (χ2n) is 4.03. The molecule has 90 valence electrons. The Kier molecular flexibility index (Phi) is 3.07. The van der Waals surface area contributed by atoms with Crippen LogP contribution in [-0.2, 0) is 0 Å². The quantitative estimate of drug-likeness (QED) is 0.819. The van der Waals surface area contributed by atoms with E-state index in [9.17, 15) is 0 Å². The molecule has 2 aromatic rings. The Bertz CT molecular complexity index is 522. The first-order chi connectivity index (χ1) is 8.33. The van der Waals surface area contributed by atoms with Gasteiger partial charge >= 0.3 is 0 Å². The maximum Gasteiger partial charge on any atom is 0.226 e. The van der Waals surface area contributed by atoms with Crippen molar-refractivity contribution in [2.75, 3.05) is 16.8 Å². The molecular formula is C10H12ClN5S. The molecule has 3 rings (SSSR count). The summed E-state index contributed by atoms with van der Waals surface area (Å²) < 4.78 is 0. The summed E-state index contributed by atoms with van der Waals surface area (Å²) in [5, 5.41) is 11.3. The molecule has 2 aromatic heterocycles. The van der Waals surface area contributed by atoms with Gasteiger partial charge in [0.2, 0.25) is 5.28 Å². The molecule has 0 radical (unpaired) electrons. The van der Waals surface area contributed by atoms with Crippen LogP contribution in [0, 0.1) is 0 Å². The number of fused-ring (bicyclic) bond motifs is 1. The van der Waals surface area contributed by atoms with Crippen LogP contribution in [-0.4, -0.2) is 37.7 Å². The molecule has 1 aliphatic heterocycles. The van der Waals surface area contributed by atoms with Crippen LogP contribution < -0.4 is 5.32 Å². The number of nitrogens with one attached hydrogen (secondary N) is 2. The Morgan fingerprint density at radius 1 is 1.47 bits per heavy atom. The lowest BCUT2D eigenvalue weighted by Crippen LogP contribution is -2.26. The third-order valence-corrected chi connectivity index (χ3v) is 4.17. The van der Waals surface area contributed by atoms with Crippen molar-refractivity contribution in [2.24, 2.45) is 0 Å². The maximum atomic E-state index is 5.88. The smallest absolute Gasteiger partial charge is 0.226 e. The number of H-pyrrole nitrogens is 1. The molecule has 1 fully saturated rings. The Labute approximate surface area is 108 Å². The van der Waals surface area contributed by atoms with Gasteiger partial charge in [-0.2, -0.15) is 26.8 Å². The van der Waals surface area contributed by atoms with Gasteiger partial charge in [0.1, 0.15) is 5.82 Å². The van der Waals surface area contributed by atoms with Crippen molar-refractivity contribution < 1.29 is 0 Å². The van der Waals surface area contributed by atoms with Gasteiger partial charge in [-0.25, -0.2) is 0 Å². The lowest BCUT2D eigenvalue weighted by Gasteiger charge is -2.23. The molecule has 17 heavy (non-hydrogen) atoms. The van der Waals surface area contributed by atoms with Gasteiger partial charge in [-0.05, 0) is 30.2 Å². The van der Waals surface area contributed by atoms with E-state index in [0.717, 1.165) is 17.0 Å². The number of thioether (sulfide) groups is 1. The van der Waals surface area contributed by atoms with E-state index in [4.69, 9.17) is 11.6 Å². The second-order valence-corrected chi connectivity index (χ2v) is 5.52. The average molecular weight is 270 g/mol. The van der Waals surface area contributed by atoms with Crippen LogP contribution in [0.25, 0.3) is 11.0 Å². The van der Waals surface area contributed by atoms with Crippen molar-refractivity contribution in [1.82, 2.24) is 20.2 Å². The lowest BCUT2D eigenvalue weighted by atomic mass is 10.2. The standard InChI is InChI=1S/C10H12ClN5S/c11-10-14-8(7-4-12-16-9(7)15-10)13-6-2-1-3-17-5-6/h4,6H,1-3,5H2,(H2,12,13,14,15,16). The molecule has 0 aromatic carbocycles. The summed E-state index contributed by atoms with van der Waals surface area (Å²) in [6, 6.07) is 0.456. The number of aromatic nitrogens is 4. The minimum absolute atomic E-state index is 0.243. The lowest BCUT2D eigenvalue weighted by molar-refractivity contribution is 0.683. The summed E-state index contributed by atoms with van der Waals surface area (Å²) in [5.41, 5.74) is 0.677. The second kappa shape index (κ2) is 4.70. The van der Waals surface area contributed by atoms with Crippen molar-refractivity contribution in [3.05, 3.63) is 11.5 Å². The Morgan fingerprint density at radius 3 is 3.24 bits per heavy atom. The van der Waals surface area contributed by atoms with E-state index in [1.807, 2.05) is 11.8 Å². The summed E-state index contributed by atoms with van der Waals surface area (Å²) >= 11 is 7.85. The fraction of sp³-hybridized carbons (Fsp3) is 0.500. The number of anilines is 1. The molecule has 7 heteroatoms. The number of rotatable bonds is 2. The van der Waals surface area contributed by atoms with Gasteiger partial charge in [-0.15, -0.1) is 0 Å². The molecule has 0 bridgehead atoms. The Morgan fingerprint density at radius 2 is 2.41 bits per heavy atom. The van der Waals surface area contributed by atoms with E-state index in [-0.39, 0.29) is 5.28 Å². The highest BCUT2D eigenvalue weighted by atomic mass is 35.5. The molecule has 1 saturated heterocycles. The minimum atomic E-state index is 0.243. The van der Waals surface area contributed by atoms with E-state index in [1.165, 1.54) is 18.6 Å². The average Bonchev–Trinajstić information content (AvgIpc) is 2.78. The van der Waals surface area contributed by atoms with Crippen molar-refractivity contribution >= 4 is 40.2 Å². The summed E-state index contributed by atoms with van der Waals surface area (Å²) in [7, 11) is 0. The van der Waals surface area contributed by atoms with Crippen LogP contribution in [0.15, 0.2) is 6.20 Å². The normalized spacial score (nSPS) is 20.6. The highest BCUT2D eigenvalue weighted by Crippen LogP contribution is 2.24. The monoisotopic (exact) mass is 269 g/mol. The number of aromatic amines is 1. The molecule has 0 spiro atoms. The van der Waals surface area contributed by atoms with Gasteiger partial charge in [0.15, 0.2) is 5.65 Å². The summed E-state index contributed by atoms with van der Waals surface area (Å²) in [4.78, 5) is 8.32. The highest BCUT2D eigenvalue weighted by Gasteiger charge is 2.16. The molecule has 3 heterocycles. The molecule has 0 saturated carbocycles. The zero-order valence-corrected chi connectivity index (χ0v) is 10.7. The van der Waals surface area contributed by atoms with Crippen molar-refractivity contribution in [3.63, 3.8) is 0 Å². The molecule has 2 N–H and O–H groups in total. The van der Waals surface area contributed by atoms with Gasteiger partial charge in [-0.3, -0.25) is 5.10 Å². The van der Waals surface area contributed by atoms with Crippen molar-refractivity contribution in [2.45, 2.75) is 18.9 Å². The predicted octanol–water partition coefficient (Wildman–Crippen LogP) is 2.31. The predicted molar refractivity (Wildman–Crippen MR) is 70.7 cm³/mol. The van der Waals surface area contributed by atoms with E-state index in [1.54, 1.807) is 6.20 Å². The summed E-state index contributed by atoms with van der Waals surface area (Å²) in [6.45, 7) is 0. The fourth-order valence-electron chi connectivity index (χ4n) is 1.97. The van der Waals surface area contributed by atoms with E-state index in [2.05, 4.69) is 25.5 Å². The zero-order chi connectivity index (χ0) is 11.7. The largest absolute Gasteiger partial charge is 0.366 e. The Hall–Kier alpha value is -1.01. The third-order valence-electron chi connectivity index (χ3n) is 2.78. The molecule has 1 unspecified atom stereocenters. The zero-order valence-electron chi connectivity index (χ0n) is 9.11. The van der Waals surface area contributed by atoms with Crippen molar-refractivity contribution in [1.29, 1.82) is 0 Å². The molecule has 0 amide bonds. The highest BCUT2D eigenvalue weighted by molar-refractivity contribution is 7.99. The van der Waals surface area contributed by atoms with Crippen LogP contribution in [0.2, 0.25) is 5.28 Å². The molecular weight excluding hydrogens is 258 g/mol. The van der Waals surface area contributed by atoms with Crippen LogP contribution in [0.4, 0.5) is 5.82 Å². The molecule has 1 atom stereocenters. The van der Waals surface area contributed by atoms with Crippen LogP contribution >= 0.6 is 23.4 Å². The van der Waals surface area contributed by atoms with E-state index < -0.39 is 0 Å². The minimum Gasteiger partial charge on any atom is -0.366 e. The fourth-order valence-corrected chi connectivity index (χ4v) is 3.21. The van der Waals surface area contributed by atoms with Gasteiger partial charge in [-0.1, -0.05) is 0 Å². The number of nitrogens with zero attached hydrogens (tertiary/aromatic N) is 3. The van der Waals surface area contributed by atoms with Crippen molar-refractivity contribution in [3.8, 4) is 0 Å². The number of hydrogen-bond donors (Lipinski definition) is 2. The topological polar surface area (TPSA) is 66.5 Å². The first-order valence-corrected chi connectivity index (χ1v) is 7.07. The molecule has 5 nitrogen and oxygen atoms in total. The summed E-state index contributed by atoms with van der Waals surface area (Å²) in [6.07, 6.45) is 4.15. The van der Waals surface area contributed by atoms with Crippen LogP contribution in [0.5, 0.6) is 0 Å². The number of halogens is 1. The van der Waals surface area contributed by atoms with Gasteiger partial charge in [0.05, 0.1) is 11.6 Å². The van der Waals surface area contributed by atoms with Gasteiger partial charge < -0.3 is 5.32 Å². The first-order valence-electron chi connectivity index (χ1n) is 5.54. The van der Waals surface area contributed by atoms with Gasteiger partial charge in [0.25, 0.3) is 0 Å². The van der Waals surface area contributed by atoms with E-state index in [0.29, 0.717) is 11.7 Å². The molecule has 1 aliphatic rings. The first kappa shape index (κ1) is 11.1. The SMILES string of the molecule is Clc1nc(NC2CCCSC2)c2cn[nH]c2n1. The van der Waals surface area contributed by atoms with Crippen LogP contribution in [0.1, 0.15) is 12.8 Å². The third kappa shape index (κ3) is 2.32. The maximum absolute atomic E-state index is 5.88. The summed E-state index contributed by atoms with van der Waals surface area (Å²) in [5.74, 6) is 3.14. The molecule has 0 aliphatic carbocycles. The van der Waals surface area contributed by atoms with Crippen LogP contribution in [0.3, 0.4) is 0 Å². The van der Waals surface area contributed by atoms with E-state index >= 15 is 0 Å². The van der Waals surface area contributed by atoms with Gasteiger partial charge in [0, 0.05) is 11.8 Å². The number of hydrogen-bond acceptors (Lipinski definition) is 5. The Balaban J connectivity index is 1.90.